The average Bonchev–Trinajstić information content (AvgIpc) is 2.78. The molecule has 6 nitrogen and oxygen atoms in total. The summed E-state index contributed by atoms with van der Waals surface area (Å²) >= 11 is 12.2. The Morgan fingerprint density at radius 3 is 2.48 bits per heavy atom. The van der Waals surface area contributed by atoms with Gasteiger partial charge in [0, 0.05) is 12.5 Å². The summed E-state index contributed by atoms with van der Waals surface area (Å²) < 4.78 is 5.01. The number of nitrogens with one attached hydrogen (secondary N) is 1. The zero-order valence-corrected chi connectivity index (χ0v) is 12.6. The van der Waals surface area contributed by atoms with Gasteiger partial charge in [-0.3, -0.25) is 4.79 Å². The Labute approximate surface area is 129 Å². The second kappa shape index (κ2) is 6.15. The highest BCUT2D eigenvalue weighted by atomic mass is 35.5. The largest absolute Gasteiger partial charge is 0.368 e. The summed E-state index contributed by atoms with van der Waals surface area (Å²) in [5.74, 6) is -1.12. The van der Waals surface area contributed by atoms with Gasteiger partial charge in [-0.15, -0.1) is 0 Å². The standard InChI is InChI=1S/C13H10Cl2N2O4/c1-6-10(13(19)21-16-7(2)18)12(17-20-6)11-8(14)4-3-5-9(11)15/h3-5H,1-2H3,(H,16,18). The number of carbonyl (C=O) groups excluding carboxylic acids is 2. The third-order valence-electron chi connectivity index (χ3n) is 2.55. The fourth-order valence-corrected chi connectivity index (χ4v) is 2.25. The molecular weight excluding hydrogens is 319 g/mol. The van der Waals surface area contributed by atoms with E-state index < -0.39 is 11.9 Å². The second-order valence-corrected chi connectivity index (χ2v) is 4.92. The summed E-state index contributed by atoms with van der Waals surface area (Å²) in [5, 5.41) is 4.42. The maximum atomic E-state index is 12.0. The Balaban J connectivity index is 2.48. The van der Waals surface area contributed by atoms with E-state index in [2.05, 4.69) is 9.99 Å². The first kappa shape index (κ1) is 15.3. The van der Waals surface area contributed by atoms with Crippen molar-refractivity contribution in [3.63, 3.8) is 0 Å². The van der Waals surface area contributed by atoms with E-state index >= 15 is 0 Å². The number of aromatic nitrogens is 1. The van der Waals surface area contributed by atoms with Crippen LogP contribution in [0, 0.1) is 6.92 Å². The molecule has 0 atom stereocenters. The molecule has 0 aliphatic rings. The van der Waals surface area contributed by atoms with Crippen molar-refractivity contribution >= 4 is 35.1 Å². The summed E-state index contributed by atoms with van der Waals surface area (Å²) in [7, 11) is 0. The van der Waals surface area contributed by atoms with Gasteiger partial charge in [0.05, 0.1) is 10.0 Å². The van der Waals surface area contributed by atoms with Gasteiger partial charge < -0.3 is 9.36 Å². The molecule has 0 fully saturated rings. The number of rotatable bonds is 2. The summed E-state index contributed by atoms with van der Waals surface area (Å²) in [6, 6.07) is 4.88. The molecule has 8 heteroatoms. The topological polar surface area (TPSA) is 81.4 Å². The number of nitrogens with zero attached hydrogens (tertiary/aromatic N) is 1. The molecule has 21 heavy (non-hydrogen) atoms. The van der Waals surface area contributed by atoms with Crippen molar-refractivity contribution < 1.29 is 18.9 Å². The Bertz CT molecular complexity index is 692. The number of carbonyl (C=O) groups is 2. The second-order valence-electron chi connectivity index (χ2n) is 4.11. The number of benzene rings is 1. The zero-order valence-electron chi connectivity index (χ0n) is 11.1. The molecule has 1 aromatic carbocycles. The van der Waals surface area contributed by atoms with E-state index in [0.29, 0.717) is 15.6 Å². The molecule has 0 saturated carbocycles. The normalized spacial score (nSPS) is 10.3. The van der Waals surface area contributed by atoms with Crippen LogP contribution in [0.3, 0.4) is 0 Å². The minimum absolute atomic E-state index is 0.0405. The minimum Gasteiger partial charge on any atom is -0.360 e. The molecule has 0 spiro atoms. The summed E-state index contributed by atoms with van der Waals surface area (Å²) in [4.78, 5) is 27.5. The molecule has 1 aromatic heterocycles. The Morgan fingerprint density at radius 2 is 1.90 bits per heavy atom. The van der Waals surface area contributed by atoms with E-state index in [9.17, 15) is 9.59 Å². The third kappa shape index (κ3) is 3.17. The zero-order chi connectivity index (χ0) is 15.6. The van der Waals surface area contributed by atoms with Gasteiger partial charge in [-0.05, 0) is 19.1 Å². The number of hydrogen-bond acceptors (Lipinski definition) is 5. The quantitative estimate of drug-likeness (QED) is 0.856. The van der Waals surface area contributed by atoms with Crippen LogP contribution in [0.25, 0.3) is 11.3 Å². The molecule has 0 bridgehead atoms. The van der Waals surface area contributed by atoms with Crippen molar-refractivity contribution in [2.45, 2.75) is 13.8 Å². The fourth-order valence-electron chi connectivity index (χ4n) is 1.68. The van der Waals surface area contributed by atoms with Crippen LogP contribution in [0.15, 0.2) is 22.7 Å². The summed E-state index contributed by atoms with van der Waals surface area (Å²) in [6.45, 7) is 2.74. The van der Waals surface area contributed by atoms with E-state index in [1.807, 2.05) is 5.48 Å². The lowest BCUT2D eigenvalue weighted by molar-refractivity contribution is -0.127. The van der Waals surface area contributed by atoms with E-state index in [4.69, 9.17) is 27.7 Å². The van der Waals surface area contributed by atoms with Gasteiger partial charge in [0.1, 0.15) is 17.0 Å². The van der Waals surface area contributed by atoms with Crippen molar-refractivity contribution in [3.8, 4) is 11.3 Å². The van der Waals surface area contributed by atoms with Crippen LogP contribution >= 0.6 is 23.2 Å². The van der Waals surface area contributed by atoms with E-state index in [0.717, 1.165) is 0 Å². The monoisotopic (exact) mass is 328 g/mol. The van der Waals surface area contributed by atoms with Crippen LogP contribution in [-0.2, 0) is 9.63 Å². The minimum atomic E-state index is -0.824. The van der Waals surface area contributed by atoms with Gasteiger partial charge >= 0.3 is 5.97 Å². The first-order valence-electron chi connectivity index (χ1n) is 5.80. The van der Waals surface area contributed by atoms with Crippen LogP contribution in [0.1, 0.15) is 23.0 Å². The first-order valence-corrected chi connectivity index (χ1v) is 6.55. The lowest BCUT2D eigenvalue weighted by Gasteiger charge is -2.06. The van der Waals surface area contributed by atoms with Gasteiger partial charge in [-0.25, -0.2) is 4.79 Å². The highest BCUT2D eigenvalue weighted by molar-refractivity contribution is 6.39. The number of hydrogen-bond donors (Lipinski definition) is 1. The predicted octanol–water partition coefficient (Wildman–Crippen LogP) is 3.16. The molecule has 0 radical (unpaired) electrons. The summed E-state index contributed by atoms with van der Waals surface area (Å²) in [5.41, 5.74) is 2.49. The van der Waals surface area contributed by atoms with Crippen LogP contribution in [0.2, 0.25) is 10.0 Å². The molecule has 0 aliphatic heterocycles. The predicted molar refractivity (Wildman–Crippen MR) is 75.9 cm³/mol. The van der Waals surface area contributed by atoms with Crippen LogP contribution in [0.4, 0.5) is 0 Å². The molecule has 0 saturated heterocycles. The number of halogens is 2. The van der Waals surface area contributed by atoms with E-state index in [1.54, 1.807) is 18.2 Å². The maximum absolute atomic E-state index is 12.0. The molecule has 1 amide bonds. The highest BCUT2D eigenvalue weighted by Crippen LogP contribution is 2.36. The molecule has 1 N–H and O–H groups in total. The third-order valence-corrected chi connectivity index (χ3v) is 3.18. The van der Waals surface area contributed by atoms with E-state index in [1.165, 1.54) is 13.8 Å². The maximum Gasteiger partial charge on any atom is 0.368 e. The van der Waals surface area contributed by atoms with Crippen LogP contribution in [0.5, 0.6) is 0 Å². The summed E-state index contributed by atoms with van der Waals surface area (Å²) in [6.07, 6.45) is 0. The Kier molecular flexibility index (Phi) is 4.50. The van der Waals surface area contributed by atoms with Crippen molar-refractivity contribution in [2.75, 3.05) is 0 Å². The smallest absolute Gasteiger partial charge is 0.360 e. The van der Waals surface area contributed by atoms with Crippen molar-refractivity contribution in [3.05, 3.63) is 39.6 Å². The molecule has 1 heterocycles. The van der Waals surface area contributed by atoms with Gasteiger partial charge in [0.25, 0.3) is 0 Å². The molecule has 0 unspecified atom stereocenters. The molecular formula is C13H10Cl2N2O4. The Hall–Kier alpha value is -2.05. The molecule has 2 aromatic rings. The SMILES string of the molecule is CC(=O)NOC(=O)c1c(-c2c(Cl)cccc2Cl)noc1C. The average molecular weight is 329 g/mol. The van der Waals surface area contributed by atoms with Gasteiger partial charge in [0.2, 0.25) is 5.91 Å². The van der Waals surface area contributed by atoms with Crippen molar-refractivity contribution in [1.29, 1.82) is 0 Å². The lowest BCUT2D eigenvalue weighted by atomic mass is 10.1. The number of aryl methyl sites for hydroxylation is 1. The fraction of sp³-hybridized carbons (Fsp3) is 0.154. The van der Waals surface area contributed by atoms with Crippen LogP contribution < -0.4 is 5.48 Å². The molecule has 110 valence electrons. The molecule has 2 rings (SSSR count). The number of amides is 1. The molecule has 0 aliphatic carbocycles. The van der Waals surface area contributed by atoms with Crippen LogP contribution in [-0.4, -0.2) is 17.0 Å². The first-order chi connectivity index (χ1) is 9.91. The van der Waals surface area contributed by atoms with Gasteiger partial charge in [-0.2, -0.15) is 5.48 Å². The number of hydroxylamine groups is 1. The highest BCUT2D eigenvalue weighted by Gasteiger charge is 2.26. The lowest BCUT2D eigenvalue weighted by Crippen LogP contribution is -2.24. The van der Waals surface area contributed by atoms with Gasteiger partial charge in [-0.1, -0.05) is 34.4 Å². The van der Waals surface area contributed by atoms with Crippen molar-refractivity contribution in [1.82, 2.24) is 10.6 Å². The van der Waals surface area contributed by atoms with E-state index in [-0.39, 0.29) is 17.0 Å². The Morgan fingerprint density at radius 1 is 1.29 bits per heavy atom. The van der Waals surface area contributed by atoms with Gasteiger partial charge in [0.15, 0.2) is 0 Å². The van der Waals surface area contributed by atoms with Crippen molar-refractivity contribution in [2.24, 2.45) is 0 Å².